The third-order valence-corrected chi connectivity index (χ3v) is 6.68. The van der Waals surface area contributed by atoms with Crippen LogP contribution in [0.25, 0.3) is 0 Å². The predicted molar refractivity (Wildman–Crippen MR) is 139 cm³/mol. The number of nitrogens with one attached hydrogen (secondary N) is 2. The number of hydrogen-bond acceptors (Lipinski definition) is 3. The standard InChI is InChI=1S/C28H47N3O2/c1-12-20(4)18-22(19(2)3)31(11)26(33)24(27(5,6)7)30-25(32)23(29-10)28(8,9)21-16-14-13-15-17-21/h13-19,22-24,29H,12H2,1-11H3,(H,30,32)/t22-,23-,24-/m1/s1. The highest BCUT2D eigenvalue weighted by Crippen LogP contribution is 2.29. The van der Waals surface area contributed by atoms with Crippen molar-refractivity contribution >= 4 is 11.8 Å². The number of amides is 2. The molecule has 2 amide bonds. The van der Waals surface area contributed by atoms with Gasteiger partial charge >= 0.3 is 0 Å². The molecular formula is C28H47N3O2. The van der Waals surface area contributed by atoms with E-state index in [0.29, 0.717) is 0 Å². The number of allylic oxidation sites excluding steroid dienone is 1. The molecule has 33 heavy (non-hydrogen) atoms. The zero-order chi connectivity index (χ0) is 25.6. The Kier molecular flexibility index (Phi) is 10.4. The van der Waals surface area contributed by atoms with E-state index >= 15 is 0 Å². The van der Waals surface area contributed by atoms with Crippen molar-refractivity contribution in [1.82, 2.24) is 15.5 Å². The first-order valence-electron chi connectivity index (χ1n) is 12.2. The van der Waals surface area contributed by atoms with E-state index in [-0.39, 0.29) is 23.8 Å². The summed E-state index contributed by atoms with van der Waals surface area (Å²) < 4.78 is 0. The number of nitrogens with zero attached hydrogens (tertiary/aromatic N) is 1. The Balaban J connectivity index is 3.25. The highest BCUT2D eigenvalue weighted by molar-refractivity contribution is 5.91. The lowest BCUT2D eigenvalue weighted by Crippen LogP contribution is -2.61. The number of hydrogen-bond donors (Lipinski definition) is 2. The van der Waals surface area contributed by atoms with Crippen LogP contribution in [0.3, 0.4) is 0 Å². The summed E-state index contributed by atoms with van der Waals surface area (Å²) in [4.78, 5) is 29.1. The van der Waals surface area contributed by atoms with Gasteiger partial charge in [-0.05, 0) is 37.3 Å². The van der Waals surface area contributed by atoms with E-state index < -0.39 is 22.9 Å². The van der Waals surface area contributed by atoms with E-state index in [1.165, 1.54) is 5.57 Å². The van der Waals surface area contributed by atoms with Crippen molar-refractivity contribution in [3.63, 3.8) is 0 Å². The van der Waals surface area contributed by atoms with Crippen molar-refractivity contribution in [3.05, 3.63) is 47.5 Å². The lowest BCUT2D eigenvalue weighted by molar-refractivity contribution is -0.140. The minimum absolute atomic E-state index is 0.0277. The van der Waals surface area contributed by atoms with Crippen LogP contribution in [0.4, 0.5) is 0 Å². The summed E-state index contributed by atoms with van der Waals surface area (Å²) in [5, 5.41) is 6.31. The number of carbonyl (C=O) groups is 2. The third-order valence-electron chi connectivity index (χ3n) is 6.68. The van der Waals surface area contributed by atoms with E-state index in [2.05, 4.69) is 58.3 Å². The van der Waals surface area contributed by atoms with Crippen LogP contribution in [0, 0.1) is 11.3 Å². The summed E-state index contributed by atoms with van der Waals surface area (Å²) in [5.74, 6) is 0.0234. The van der Waals surface area contributed by atoms with Gasteiger partial charge in [-0.1, -0.05) is 97.4 Å². The average Bonchev–Trinajstić information content (AvgIpc) is 2.74. The average molecular weight is 458 g/mol. The van der Waals surface area contributed by atoms with Crippen molar-refractivity contribution in [3.8, 4) is 0 Å². The summed E-state index contributed by atoms with van der Waals surface area (Å²) in [6, 6.07) is 8.84. The van der Waals surface area contributed by atoms with Crippen molar-refractivity contribution in [2.24, 2.45) is 11.3 Å². The summed E-state index contributed by atoms with van der Waals surface area (Å²) in [6.45, 7) is 18.6. The first-order valence-corrected chi connectivity index (χ1v) is 12.2. The molecule has 0 saturated heterocycles. The monoisotopic (exact) mass is 457 g/mol. The second-order valence-corrected chi connectivity index (χ2v) is 11.2. The van der Waals surface area contributed by atoms with Gasteiger partial charge < -0.3 is 15.5 Å². The van der Waals surface area contributed by atoms with Gasteiger partial charge in [0.05, 0.1) is 12.1 Å². The third kappa shape index (κ3) is 7.43. The van der Waals surface area contributed by atoms with Crippen LogP contribution < -0.4 is 10.6 Å². The number of benzene rings is 1. The van der Waals surface area contributed by atoms with E-state index in [1.54, 1.807) is 11.9 Å². The SMILES string of the molecule is CCC(C)=C[C@H](C(C)C)N(C)C(=O)[C@@H](NC(=O)[C@@H](NC)C(C)(C)c1ccccc1)C(C)(C)C. The molecule has 0 aliphatic heterocycles. The van der Waals surface area contributed by atoms with Gasteiger partial charge in [-0.2, -0.15) is 0 Å². The van der Waals surface area contributed by atoms with Gasteiger partial charge in [0.25, 0.3) is 0 Å². The fourth-order valence-corrected chi connectivity index (χ4v) is 4.24. The number of rotatable bonds is 10. The quantitative estimate of drug-likeness (QED) is 0.490. The molecule has 2 N–H and O–H groups in total. The summed E-state index contributed by atoms with van der Waals surface area (Å²) >= 11 is 0. The molecule has 0 aliphatic carbocycles. The fourth-order valence-electron chi connectivity index (χ4n) is 4.24. The topological polar surface area (TPSA) is 61.4 Å². The Morgan fingerprint density at radius 1 is 1.03 bits per heavy atom. The highest BCUT2D eigenvalue weighted by Gasteiger charge is 2.41. The maximum atomic E-state index is 13.7. The molecule has 0 heterocycles. The number of likely N-dealkylation sites (N-methyl/N-ethyl adjacent to an activating group) is 2. The Morgan fingerprint density at radius 3 is 2.00 bits per heavy atom. The van der Waals surface area contributed by atoms with Gasteiger partial charge in [-0.3, -0.25) is 9.59 Å². The van der Waals surface area contributed by atoms with Crippen LogP contribution in [-0.4, -0.2) is 48.9 Å². The molecule has 0 unspecified atom stereocenters. The van der Waals surface area contributed by atoms with Crippen LogP contribution >= 0.6 is 0 Å². The van der Waals surface area contributed by atoms with Gasteiger partial charge in [-0.25, -0.2) is 0 Å². The maximum Gasteiger partial charge on any atom is 0.245 e. The molecule has 0 bridgehead atoms. The molecule has 186 valence electrons. The fraction of sp³-hybridized carbons (Fsp3) is 0.643. The van der Waals surface area contributed by atoms with Crippen molar-refractivity contribution in [1.29, 1.82) is 0 Å². The van der Waals surface area contributed by atoms with Crippen molar-refractivity contribution in [2.45, 2.75) is 92.3 Å². The minimum Gasteiger partial charge on any atom is -0.342 e. The normalized spacial score (nSPS) is 15.7. The Hall–Kier alpha value is -2.14. The minimum atomic E-state index is -0.644. The van der Waals surface area contributed by atoms with Crippen LogP contribution in [0.15, 0.2) is 42.0 Å². The van der Waals surface area contributed by atoms with Crippen molar-refractivity contribution in [2.75, 3.05) is 14.1 Å². The van der Waals surface area contributed by atoms with Crippen LogP contribution in [-0.2, 0) is 15.0 Å². The molecule has 5 heteroatoms. The van der Waals surface area contributed by atoms with Crippen LogP contribution in [0.2, 0.25) is 0 Å². The molecule has 1 rings (SSSR count). The zero-order valence-electron chi connectivity index (χ0n) is 22.7. The second kappa shape index (κ2) is 11.8. The lowest BCUT2D eigenvalue weighted by atomic mass is 9.76. The van der Waals surface area contributed by atoms with E-state index in [0.717, 1.165) is 12.0 Å². The van der Waals surface area contributed by atoms with Gasteiger partial charge in [0.1, 0.15) is 6.04 Å². The lowest BCUT2D eigenvalue weighted by Gasteiger charge is -2.40. The van der Waals surface area contributed by atoms with E-state index in [9.17, 15) is 9.59 Å². The van der Waals surface area contributed by atoms with E-state index in [4.69, 9.17) is 0 Å². The highest BCUT2D eigenvalue weighted by atomic mass is 16.2. The zero-order valence-corrected chi connectivity index (χ0v) is 22.7. The molecule has 0 fully saturated rings. The molecular weight excluding hydrogens is 410 g/mol. The molecule has 1 aromatic carbocycles. The van der Waals surface area contributed by atoms with Gasteiger partial charge in [-0.15, -0.1) is 0 Å². The van der Waals surface area contributed by atoms with Crippen molar-refractivity contribution < 1.29 is 9.59 Å². The van der Waals surface area contributed by atoms with Crippen LogP contribution in [0.1, 0.15) is 74.3 Å². The summed E-state index contributed by atoms with van der Waals surface area (Å²) in [5.41, 5.74) is 1.42. The Bertz CT molecular complexity index is 806. The molecule has 0 aliphatic rings. The molecule has 0 spiro atoms. The first kappa shape index (κ1) is 28.9. The molecule has 3 atom stereocenters. The Labute approximate surface area is 202 Å². The van der Waals surface area contributed by atoms with Gasteiger partial charge in [0, 0.05) is 12.5 Å². The predicted octanol–water partition coefficient (Wildman–Crippen LogP) is 4.92. The first-order chi connectivity index (χ1) is 15.2. The molecule has 0 saturated carbocycles. The van der Waals surface area contributed by atoms with E-state index in [1.807, 2.05) is 58.2 Å². The molecule has 1 aromatic rings. The molecule has 0 radical (unpaired) electrons. The summed E-state index contributed by atoms with van der Waals surface area (Å²) in [7, 11) is 3.64. The smallest absolute Gasteiger partial charge is 0.245 e. The molecule has 5 nitrogen and oxygen atoms in total. The maximum absolute atomic E-state index is 13.7. The van der Waals surface area contributed by atoms with Gasteiger partial charge in [0.2, 0.25) is 11.8 Å². The second-order valence-electron chi connectivity index (χ2n) is 11.2. The largest absolute Gasteiger partial charge is 0.342 e. The summed E-state index contributed by atoms with van der Waals surface area (Å²) in [6.07, 6.45) is 3.13. The van der Waals surface area contributed by atoms with Crippen LogP contribution in [0.5, 0.6) is 0 Å². The number of carbonyl (C=O) groups excluding carboxylic acids is 2. The molecule has 0 aromatic heterocycles. The Morgan fingerprint density at radius 2 is 1.58 bits per heavy atom. The van der Waals surface area contributed by atoms with Gasteiger partial charge in [0.15, 0.2) is 0 Å².